The van der Waals surface area contributed by atoms with Crippen LogP contribution in [0.5, 0.6) is 0 Å². The summed E-state index contributed by atoms with van der Waals surface area (Å²) in [5.41, 5.74) is 0.290. The van der Waals surface area contributed by atoms with Crippen LogP contribution in [0.3, 0.4) is 0 Å². The van der Waals surface area contributed by atoms with Crippen LogP contribution in [0.25, 0.3) is 0 Å². The molecule has 122 valence electrons. The molecule has 1 N–H and O–H groups in total. The highest BCUT2D eigenvalue weighted by molar-refractivity contribution is 7.91. The minimum absolute atomic E-state index is 0.0215. The third-order valence-electron chi connectivity index (χ3n) is 3.54. The van der Waals surface area contributed by atoms with Crippen LogP contribution in [0.4, 0.5) is 5.95 Å². The van der Waals surface area contributed by atoms with Crippen LogP contribution in [0, 0.1) is 0 Å². The predicted molar refractivity (Wildman–Crippen MR) is 84.7 cm³/mol. The first-order valence-corrected chi connectivity index (χ1v) is 9.25. The highest BCUT2D eigenvalue weighted by Gasteiger charge is 2.33. The maximum Gasteiger partial charge on any atom is 0.270 e. The summed E-state index contributed by atoms with van der Waals surface area (Å²) in [6.07, 6.45) is 2.10. The van der Waals surface area contributed by atoms with Gasteiger partial charge in [0.05, 0.1) is 11.5 Å². The van der Waals surface area contributed by atoms with Crippen LogP contribution in [0.1, 0.15) is 37.7 Å². The van der Waals surface area contributed by atoms with Crippen molar-refractivity contribution in [2.24, 2.45) is 0 Å². The van der Waals surface area contributed by atoms with Crippen molar-refractivity contribution in [2.45, 2.75) is 39.3 Å². The largest absolute Gasteiger partial charge is 0.349 e. The van der Waals surface area contributed by atoms with Crippen molar-refractivity contribution in [3.63, 3.8) is 0 Å². The first-order chi connectivity index (χ1) is 10.3. The standard InChI is InChI=1S/C14H22N4O3S/c1-4-18(11-6-8-22(20,21)9-11)14-15-7-5-12(17-14)13(19)16-10(2)3/h5,7,10-11H,4,6,8-9H2,1-3H3,(H,16,19). The van der Waals surface area contributed by atoms with Gasteiger partial charge in [-0.05, 0) is 33.3 Å². The molecule has 0 bridgehead atoms. The summed E-state index contributed by atoms with van der Waals surface area (Å²) >= 11 is 0. The zero-order valence-corrected chi connectivity index (χ0v) is 13.9. The molecule has 1 fully saturated rings. The van der Waals surface area contributed by atoms with E-state index in [0.29, 0.717) is 18.9 Å². The van der Waals surface area contributed by atoms with E-state index in [1.54, 1.807) is 6.07 Å². The van der Waals surface area contributed by atoms with Gasteiger partial charge in [0.1, 0.15) is 5.69 Å². The number of amides is 1. The molecule has 22 heavy (non-hydrogen) atoms. The number of nitrogens with zero attached hydrogens (tertiary/aromatic N) is 3. The minimum Gasteiger partial charge on any atom is -0.349 e. The summed E-state index contributed by atoms with van der Waals surface area (Å²) in [5.74, 6) is 0.462. The fourth-order valence-electron chi connectivity index (χ4n) is 2.53. The molecule has 2 heterocycles. The summed E-state index contributed by atoms with van der Waals surface area (Å²) in [4.78, 5) is 22.4. The normalized spacial score (nSPS) is 20.1. The van der Waals surface area contributed by atoms with Gasteiger partial charge in [-0.2, -0.15) is 0 Å². The topological polar surface area (TPSA) is 92.3 Å². The lowest BCUT2D eigenvalue weighted by atomic mass is 10.2. The lowest BCUT2D eigenvalue weighted by molar-refractivity contribution is 0.0938. The number of carbonyl (C=O) groups excluding carboxylic acids is 1. The summed E-state index contributed by atoms with van der Waals surface area (Å²) in [6.45, 7) is 6.27. The van der Waals surface area contributed by atoms with Gasteiger partial charge in [0.25, 0.3) is 5.91 Å². The Morgan fingerprint density at radius 2 is 2.23 bits per heavy atom. The van der Waals surface area contributed by atoms with Crippen molar-refractivity contribution in [2.75, 3.05) is 23.0 Å². The predicted octanol–water partition coefficient (Wildman–Crippen LogP) is 0.628. The van der Waals surface area contributed by atoms with E-state index in [9.17, 15) is 13.2 Å². The van der Waals surface area contributed by atoms with Gasteiger partial charge in [0.2, 0.25) is 5.95 Å². The van der Waals surface area contributed by atoms with Crippen molar-refractivity contribution in [3.8, 4) is 0 Å². The van der Waals surface area contributed by atoms with Gasteiger partial charge in [0.15, 0.2) is 9.84 Å². The van der Waals surface area contributed by atoms with E-state index < -0.39 is 9.84 Å². The molecule has 1 aromatic rings. The fraction of sp³-hybridized carbons (Fsp3) is 0.643. The highest BCUT2D eigenvalue weighted by atomic mass is 32.2. The van der Waals surface area contributed by atoms with E-state index in [2.05, 4.69) is 15.3 Å². The number of aromatic nitrogens is 2. The number of rotatable bonds is 5. The average molecular weight is 326 g/mol. The smallest absolute Gasteiger partial charge is 0.270 e. The number of nitrogens with one attached hydrogen (secondary N) is 1. The van der Waals surface area contributed by atoms with Gasteiger partial charge in [-0.1, -0.05) is 0 Å². The molecule has 0 saturated carbocycles. The fourth-order valence-corrected chi connectivity index (χ4v) is 4.26. The van der Waals surface area contributed by atoms with Crippen LogP contribution in [0.15, 0.2) is 12.3 Å². The van der Waals surface area contributed by atoms with E-state index >= 15 is 0 Å². The van der Waals surface area contributed by atoms with Gasteiger partial charge in [-0.15, -0.1) is 0 Å². The van der Waals surface area contributed by atoms with Crippen molar-refractivity contribution in [1.29, 1.82) is 0 Å². The molecule has 1 aromatic heterocycles. The molecule has 0 aliphatic carbocycles. The van der Waals surface area contributed by atoms with Crippen molar-refractivity contribution in [3.05, 3.63) is 18.0 Å². The zero-order chi connectivity index (χ0) is 16.3. The Kier molecular flexibility index (Phi) is 5.00. The number of anilines is 1. The van der Waals surface area contributed by atoms with Gasteiger partial charge in [0, 0.05) is 24.8 Å². The van der Waals surface area contributed by atoms with E-state index in [4.69, 9.17) is 0 Å². The van der Waals surface area contributed by atoms with Crippen LogP contribution in [0.2, 0.25) is 0 Å². The zero-order valence-electron chi connectivity index (χ0n) is 13.1. The van der Waals surface area contributed by atoms with Crippen molar-refractivity contribution in [1.82, 2.24) is 15.3 Å². The Morgan fingerprint density at radius 3 is 2.77 bits per heavy atom. The molecule has 2 rings (SSSR count). The van der Waals surface area contributed by atoms with E-state index in [1.807, 2.05) is 25.7 Å². The highest BCUT2D eigenvalue weighted by Crippen LogP contribution is 2.21. The molecule has 1 saturated heterocycles. The summed E-state index contributed by atoms with van der Waals surface area (Å²) < 4.78 is 23.3. The van der Waals surface area contributed by atoms with E-state index in [1.165, 1.54) is 6.20 Å². The van der Waals surface area contributed by atoms with Gasteiger partial charge >= 0.3 is 0 Å². The van der Waals surface area contributed by atoms with E-state index in [-0.39, 0.29) is 35.2 Å². The number of hydrogen-bond donors (Lipinski definition) is 1. The van der Waals surface area contributed by atoms with Crippen LogP contribution in [-0.2, 0) is 9.84 Å². The second kappa shape index (κ2) is 6.60. The minimum atomic E-state index is -2.98. The molecule has 7 nitrogen and oxygen atoms in total. The summed E-state index contributed by atoms with van der Waals surface area (Å²) in [5, 5.41) is 2.78. The second-order valence-corrected chi connectivity index (χ2v) is 7.94. The monoisotopic (exact) mass is 326 g/mol. The molecular formula is C14H22N4O3S. The van der Waals surface area contributed by atoms with Crippen molar-refractivity contribution >= 4 is 21.7 Å². The van der Waals surface area contributed by atoms with Gasteiger partial charge in [-0.25, -0.2) is 18.4 Å². The Labute approximate surface area is 131 Å². The average Bonchev–Trinajstić information content (AvgIpc) is 2.79. The maximum absolute atomic E-state index is 12.0. The molecule has 0 aromatic carbocycles. The van der Waals surface area contributed by atoms with Crippen LogP contribution in [-0.4, -0.2) is 54.4 Å². The number of sulfone groups is 1. The molecule has 1 aliphatic heterocycles. The first kappa shape index (κ1) is 16.7. The molecule has 1 aliphatic rings. The molecular weight excluding hydrogens is 304 g/mol. The molecule has 1 atom stereocenters. The molecule has 1 unspecified atom stereocenters. The SMILES string of the molecule is CCN(c1nccc(C(=O)NC(C)C)n1)C1CCS(=O)(=O)C1. The Morgan fingerprint density at radius 1 is 1.50 bits per heavy atom. The van der Waals surface area contributed by atoms with Crippen LogP contribution >= 0.6 is 0 Å². The Balaban J connectivity index is 2.21. The number of carbonyl (C=O) groups is 1. The molecule has 8 heteroatoms. The third kappa shape index (κ3) is 3.94. The lowest BCUT2D eigenvalue weighted by Crippen LogP contribution is -2.38. The van der Waals surface area contributed by atoms with Crippen molar-refractivity contribution < 1.29 is 13.2 Å². The summed E-state index contributed by atoms with van der Waals surface area (Å²) in [6, 6.07) is 1.45. The van der Waals surface area contributed by atoms with E-state index in [0.717, 1.165) is 0 Å². The molecule has 0 spiro atoms. The van der Waals surface area contributed by atoms with Gasteiger partial charge < -0.3 is 10.2 Å². The molecule has 1 amide bonds. The second-order valence-electron chi connectivity index (χ2n) is 5.71. The van der Waals surface area contributed by atoms with Gasteiger partial charge in [-0.3, -0.25) is 4.79 Å². The van der Waals surface area contributed by atoms with Crippen LogP contribution < -0.4 is 10.2 Å². The number of hydrogen-bond acceptors (Lipinski definition) is 6. The molecule has 0 radical (unpaired) electrons. The summed E-state index contributed by atoms with van der Waals surface area (Å²) in [7, 11) is -2.98. The Hall–Kier alpha value is -1.70. The first-order valence-electron chi connectivity index (χ1n) is 7.43. The quantitative estimate of drug-likeness (QED) is 0.853. The lowest BCUT2D eigenvalue weighted by Gasteiger charge is -2.26. The maximum atomic E-state index is 12.0. The third-order valence-corrected chi connectivity index (χ3v) is 5.29. The Bertz CT molecular complexity index is 645.